The van der Waals surface area contributed by atoms with Crippen LogP contribution in [0.25, 0.3) is 0 Å². The standard InChI is InChI=1S/C15H28O6/c1-5-10-14(18-6-2)12(13(16)17)9-11-21-15(14,19-7-3)20-8-4/h12H,5-11H2,1-4H3,(H,16,17). The zero-order valence-electron chi connectivity index (χ0n) is 13.5. The Morgan fingerprint density at radius 1 is 1.14 bits per heavy atom. The van der Waals surface area contributed by atoms with Crippen LogP contribution in [-0.4, -0.2) is 49.1 Å². The summed E-state index contributed by atoms with van der Waals surface area (Å²) in [5.74, 6) is -3.07. The van der Waals surface area contributed by atoms with E-state index in [-0.39, 0.29) is 6.61 Å². The minimum atomic E-state index is -1.45. The number of ether oxygens (including phenoxy) is 4. The molecular weight excluding hydrogens is 276 g/mol. The third kappa shape index (κ3) is 3.39. The summed E-state index contributed by atoms with van der Waals surface area (Å²) in [5, 5.41) is 9.65. The third-order valence-corrected chi connectivity index (χ3v) is 3.77. The summed E-state index contributed by atoms with van der Waals surface area (Å²) in [4.78, 5) is 11.8. The Kier molecular flexibility index (Phi) is 7.06. The SMILES string of the molecule is CCCC1(OCC)C(C(=O)O)CCOC1(OCC)OCC. The van der Waals surface area contributed by atoms with Crippen LogP contribution in [-0.2, 0) is 23.7 Å². The lowest BCUT2D eigenvalue weighted by Gasteiger charge is -2.53. The van der Waals surface area contributed by atoms with Crippen molar-refractivity contribution in [1.82, 2.24) is 0 Å². The summed E-state index contributed by atoms with van der Waals surface area (Å²) in [6.07, 6.45) is 1.63. The second-order valence-electron chi connectivity index (χ2n) is 5.02. The van der Waals surface area contributed by atoms with Gasteiger partial charge in [0.2, 0.25) is 0 Å². The van der Waals surface area contributed by atoms with Gasteiger partial charge >= 0.3 is 11.9 Å². The average Bonchev–Trinajstić information content (AvgIpc) is 2.42. The largest absolute Gasteiger partial charge is 0.481 e. The average molecular weight is 304 g/mol. The van der Waals surface area contributed by atoms with Crippen molar-refractivity contribution in [2.75, 3.05) is 26.4 Å². The van der Waals surface area contributed by atoms with Gasteiger partial charge in [-0.15, -0.1) is 0 Å². The van der Waals surface area contributed by atoms with Crippen LogP contribution in [0.2, 0.25) is 0 Å². The zero-order chi connectivity index (χ0) is 15.9. The number of aliphatic carboxylic acids is 1. The molecule has 0 aliphatic carbocycles. The summed E-state index contributed by atoms with van der Waals surface area (Å²) >= 11 is 0. The predicted molar refractivity (Wildman–Crippen MR) is 76.9 cm³/mol. The smallest absolute Gasteiger partial charge is 0.314 e. The van der Waals surface area contributed by atoms with E-state index in [9.17, 15) is 9.90 Å². The van der Waals surface area contributed by atoms with Gasteiger partial charge in [-0.3, -0.25) is 4.79 Å². The molecular formula is C15H28O6. The van der Waals surface area contributed by atoms with E-state index >= 15 is 0 Å². The van der Waals surface area contributed by atoms with Crippen LogP contribution >= 0.6 is 0 Å². The highest BCUT2D eigenvalue weighted by atomic mass is 16.9. The van der Waals surface area contributed by atoms with E-state index in [4.69, 9.17) is 18.9 Å². The van der Waals surface area contributed by atoms with E-state index in [1.807, 2.05) is 27.7 Å². The summed E-state index contributed by atoms with van der Waals surface area (Å²) in [7, 11) is 0. The second-order valence-corrected chi connectivity index (χ2v) is 5.02. The van der Waals surface area contributed by atoms with Gasteiger partial charge in [-0.05, 0) is 33.6 Å². The van der Waals surface area contributed by atoms with E-state index in [2.05, 4.69) is 0 Å². The van der Waals surface area contributed by atoms with Gasteiger partial charge in [0.25, 0.3) is 0 Å². The predicted octanol–water partition coefficient (Wildman–Crippen LogP) is 2.41. The zero-order valence-corrected chi connectivity index (χ0v) is 13.5. The molecule has 1 aliphatic heterocycles. The quantitative estimate of drug-likeness (QED) is 0.659. The lowest BCUT2D eigenvalue weighted by Crippen LogP contribution is -2.68. The van der Waals surface area contributed by atoms with Crippen molar-refractivity contribution < 1.29 is 28.8 Å². The van der Waals surface area contributed by atoms with Gasteiger partial charge < -0.3 is 24.1 Å². The molecule has 0 amide bonds. The molecule has 1 fully saturated rings. The number of carbonyl (C=O) groups is 1. The minimum Gasteiger partial charge on any atom is -0.481 e. The molecule has 21 heavy (non-hydrogen) atoms. The Balaban J connectivity index is 3.35. The molecule has 1 aliphatic rings. The number of rotatable bonds is 9. The molecule has 1 heterocycles. The van der Waals surface area contributed by atoms with E-state index in [1.165, 1.54) is 0 Å². The maximum atomic E-state index is 11.8. The number of hydrogen-bond acceptors (Lipinski definition) is 5. The molecule has 0 spiro atoms. The molecule has 1 saturated heterocycles. The van der Waals surface area contributed by atoms with Crippen LogP contribution in [0, 0.1) is 5.92 Å². The highest BCUT2D eigenvalue weighted by Gasteiger charge is 2.64. The summed E-state index contributed by atoms with van der Waals surface area (Å²) in [5.41, 5.74) is -1.13. The van der Waals surface area contributed by atoms with Gasteiger partial charge in [0.1, 0.15) is 0 Å². The number of carboxylic acids is 1. The lowest BCUT2D eigenvalue weighted by molar-refractivity contribution is -0.467. The van der Waals surface area contributed by atoms with E-state index in [0.29, 0.717) is 32.7 Å². The van der Waals surface area contributed by atoms with Crippen molar-refractivity contribution >= 4 is 5.97 Å². The first-order valence-electron chi connectivity index (χ1n) is 7.82. The fourth-order valence-electron chi connectivity index (χ4n) is 3.17. The maximum Gasteiger partial charge on any atom is 0.314 e. The number of carboxylic acid groups (broad SMARTS) is 1. The molecule has 0 radical (unpaired) electrons. The van der Waals surface area contributed by atoms with Crippen LogP contribution in [0.15, 0.2) is 0 Å². The first-order valence-corrected chi connectivity index (χ1v) is 7.82. The summed E-state index contributed by atoms with van der Waals surface area (Å²) < 4.78 is 23.3. The molecule has 0 aromatic carbocycles. The van der Waals surface area contributed by atoms with Gasteiger partial charge in [0.15, 0.2) is 5.60 Å². The molecule has 2 unspecified atom stereocenters. The first-order chi connectivity index (χ1) is 10.0. The summed E-state index contributed by atoms with van der Waals surface area (Å²) in [6, 6.07) is 0. The molecule has 0 aromatic heterocycles. The molecule has 1 N–H and O–H groups in total. The van der Waals surface area contributed by atoms with Crippen LogP contribution in [0.3, 0.4) is 0 Å². The molecule has 2 atom stereocenters. The van der Waals surface area contributed by atoms with Crippen LogP contribution in [0.5, 0.6) is 0 Å². The summed E-state index contributed by atoms with van der Waals surface area (Å²) in [6.45, 7) is 8.83. The first kappa shape index (κ1) is 18.4. The Hall–Kier alpha value is -0.690. The van der Waals surface area contributed by atoms with Crippen molar-refractivity contribution in [3.63, 3.8) is 0 Å². The van der Waals surface area contributed by atoms with Gasteiger partial charge in [0, 0.05) is 19.8 Å². The third-order valence-electron chi connectivity index (χ3n) is 3.77. The van der Waals surface area contributed by atoms with E-state index in [1.54, 1.807) is 0 Å². The normalized spacial score (nSPS) is 28.5. The molecule has 0 bridgehead atoms. The second kappa shape index (κ2) is 8.08. The highest BCUT2D eigenvalue weighted by molar-refractivity contribution is 5.72. The van der Waals surface area contributed by atoms with Crippen LogP contribution < -0.4 is 0 Å². The topological polar surface area (TPSA) is 74.2 Å². The fraction of sp³-hybridized carbons (Fsp3) is 0.933. The fourth-order valence-corrected chi connectivity index (χ4v) is 3.17. The van der Waals surface area contributed by atoms with E-state index in [0.717, 1.165) is 6.42 Å². The van der Waals surface area contributed by atoms with Gasteiger partial charge in [0.05, 0.1) is 12.5 Å². The lowest BCUT2D eigenvalue weighted by atomic mass is 9.77. The molecule has 0 aromatic rings. The highest BCUT2D eigenvalue weighted by Crippen LogP contribution is 2.47. The van der Waals surface area contributed by atoms with E-state index < -0.39 is 23.5 Å². The molecule has 6 heteroatoms. The molecule has 0 saturated carbocycles. The van der Waals surface area contributed by atoms with Gasteiger partial charge in [-0.2, -0.15) is 0 Å². The van der Waals surface area contributed by atoms with Gasteiger partial charge in [-0.25, -0.2) is 0 Å². The Morgan fingerprint density at radius 3 is 2.14 bits per heavy atom. The Labute approximate surface area is 126 Å². The van der Waals surface area contributed by atoms with Crippen molar-refractivity contribution in [2.24, 2.45) is 5.92 Å². The Bertz CT molecular complexity index is 313. The monoisotopic (exact) mass is 304 g/mol. The molecule has 124 valence electrons. The van der Waals surface area contributed by atoms with Crippen molar-refractivity contribution in [2.45, 2.75) is 58.5 Å². The van der Waals surface area contributed by atoms with Crippen molar-refractivity contribution in [1.29, 1.82) is 0 Å². The van der Waals surface area contributed by atoms with Crippen LogP contribution in [0.4, 0.5) is 0 Å². The van der Waals surface area contributed by atoms with Crippen molar-refractivity contribution in [3.05, 3.63) is 0 Å². The Morgan fingerprint density at radius 2 is 1.71 bits per heavy atom. The minimum absolute atomic E-state index is 0.273. The molecule has 6 nitrogen and oxygen atoms in total. The molecule has 1 rings (SSSR count). The van der Waals surface area contributed by atoms with Gasteiger partial charge in [-0.1, -0.05) is 13.3 Å². The maximum absolute atomic E-state index is 11.8. The number of hydrogen-bond donors (Lipinski definition) is 1. The van der Waals surface area contributed by atoms with Crippen molar-refractivity contribution in [3.8, 4) is 0 Å². The van der Waals surface area contributed by atoms with Crippen LogP contribution in [0.1, 0.15) is 47.0 Å².